The van der Waals surface area contributed by atoms with E-state index in [-0.39, 0.29) is 24.0 Å². The molecule has 6 heteroatoms. The minimum Gasteiger partial charge on any atom is -0.480 e. The van der Waals surface area contributed by atoms with Gasteiger partial charge in [-0.25, -0.2) is 0 Å². The Morgan fingerprint density at radius 2 is 1.92 bits per heavy atom. The van der Waals surface area contributed by atoms with E-state index >= 15 is 0 Å². The number of amides is 1. The number of hydrogen-bond acceptors (Lipinski definition) is 5. The van der Waals surface area contributed by atoms with Crippen LogP contribution in [0.15, 0.2) is 24.5 Å². The van der Waals surface area contributed by atoms with Crippen LogP contribution in [0.3, 0.4) is 0 Å². The average Bonchev–Trinajstić information content (AvgIpc) is 3.27. The maximum absolute atomic E-state index is 12.5. The van der Waals surface area contributed by atoms with Gasteiger partial charge in [0, 0.05) is 12.0 Å². The Balaban J connectivity index is 1.24. The van der Waals surface area contributed by atoms with Gasteiger partial charge in [-0.15, -0.1) is 0 Å². The van der Waals surface area contributed by atoms with Crippen LogP contribution in [-0.2, 0) is 4.79 Å². The van der Waals surface area contributed by atoms with E-state index in [2.05, 4.69) is 27.4 Å². The Hall–Kier alpha value is -2.11. The van der Waals surface area contributed by atoms with Crippen LogP contribution in [0.1, 0.15) is 38.5 Å². The number of aromatic nitrogens is 2. The number of methoxy groups -OCH3 is 1. The molecular weight excluding hydrogens is 318 g/mol. The molecule has 0 saturated heterocycles. The minimum atomic E-state index is 0.125. The lowest BCUT2D eigenvalue weighted by Crippen LogP contribution is -2.43. The first kappa shape index (κ1) is 16.4. The van der Waals surface area contributed by atoms with Gasteiger partial charge in [0.15, 0.2) is 0 Å². The number of rotatable bonds is 5. The van der Waals surface area contributed by atoms with E-state index < -0.39 is 0 Å². The summed E-state index contributed by atoms with van der Waals surface area (Å²) >= 11 is 0. The average molecular weight is 343 g/mol. The van der Waals surface area contributed by atoms with E-state index in [1.165, 1.54) is 6.42 Å². The predicted molar refractivity (Wildman–Crippen MR) is 92.2 cm³/mol. The van der Waals surface area contributed by atoms with Crippen LogP contribution in [0, 0.1) is 17.8 Å². The number of nitrogens with one attached hydrogen (secondary N) is 1. The SMILES string of the molecule is COc1cncc(OC2CCC(NC(=O)C3CC4C=CC3C4)CC2)n1. The second-order valence-electron chi connectivity index (χ2n) is 7.39. The molecule has 2 bridgehead atoms. The van der Waals surface area contributed by atoms with Crippen molar-refractivity contribution in [3.8, 4) is 11.8 Å². The minimum absolute atomic E-state index is 0.125. The van der Waals surface area contributed by atoms with Crippen LogP contribution < -0.4 is 14.8 Å². The summed E-state index contributed by atoms with van der Waals surface area (Å²) in [4.78, 5) is 20.8. The molecule has 1 heterocycles. The van der Waals surface area contributed by atoms with E-state index in [4.69, 9.17) is 9.47 Å². The molecule has 3 aliphatic rings. The molecule has 1 N–H and O–H groups in total. The summed E-state index contributed by atoms with van der Waals surface area (Å²) < 4.78 is 11.0. The van der Waals surface area contributed by atoms with Crippen LogP contribution in [-0.4, -0.2) is 35.1 Å². The Kier molecular flexibility index (Phi) is 4.59. The summed E-state index contributed by atoms with van der Waals surface area (Å²) in [7, 11) is 1.56. The van der Waals surface area contributed by atoms with E-state index in [1.807, 2.05) is 0 Å². The van der Waals surface area contributed by atoms with Gasteiger partial charge in [0.05, 0.1) is 19.5 Å². The molecule has 0 aliphatic heterocycles. The van der Waals surface area contributed by atoms with Gasteiger partial charge in [0.25, 0.3) is 0 Å². The van der Waals surface area contributed by atoms with Crippen molar-refractivity contribution in [2.24, 2.45) is 17.8 Å². The Labute approximate surface area is 148 Å². The molecule has 4 rings (SSSR count). The molecule has 0 spiro atoms. The normalized spacial score (nSPS) is 33.2. The molecular formula is C19H25N3O3. The van der Waals surface area contributed by atoms with Crippen molar-refractivity contribution >= 4 is 5.91 Å². The molecule has 25 heavy (non-hydrogen) atoms. The van der Waals surface area contributed by atoms with Crippen molar-refractivity contribution in [3.05, 3.63) is 24.5 Å². The van der Waals surface area contributed by atoms with Gasteiger partial charge < -0.3 is 14.8 Å². The fraction of sp³-hybridized carbons (Fsp3) is 0.632. The molecule has 3 aliphatic carbocycles. The second-order valence-corrected chi connectivity index (χ2v) is 7.39. The van der Waals surface area contributed by atoms with Gasteiger partial charge in [-0.3, -0.25) is 9.78 Å². The third-order valence-electron chi connectivity index (χ3n) is 5.72. The molecule has 1 amide bonds. The lowest BCUT2D eigenvalue weighted by atomic mass is 9.90. The van der Waals surface area contributed by atoms with Crippen molar-refractivity contribution < 1.29 is 14.3 Å². The maximum atomic E-state index is 12.5. The van der Waals surface area contributed by atoms with E-state index in [1.54, 1.807) is 19.5 Å². The molecule has 3 unspecified atom stereocenters. The molecule has 2 fully saturated rings. The summed E-state index contributed by atoms with van der Waals surface area (Å²) in [5.41, 5.74) is 0. The molecule has 0 aromatic carbocycles. The number of hydrogen-bond donors (Lipinski definition) is 1. The third kappa shape index (κ3) is 3.62. The second kappa shape index (κ2) is 7.02. The van der Waals surface area contributed by atoms with Crippen molar-refractivity contribution in [1.29, 1.82) is 0 Å². The molecule has 1 aromatic heterocycles. The lowest BCUT2D eigenvalue weighted by Gasteiger charge is -2.30. The van der Waals surface area contributed by atoms with Gasteiger partial charge >= 0.3 is 0 Å². The largest absolute Gasteiger partial charge is 0.480 e. The fourth-order valence-corrected chi connectivity index (χ4v) is 4.37. The van der Waals surface area contributed by atoms with Gasteiger partial charge in [-0.05, 0) is 50.4 Å². The lowest BCUT2D eigenvalue weighted by molar-refractivity contribution is -0.126. The number of allylic oxidation sites excluding steroid dienone is 2. The zero-order valence-corrected chi connectivity index (χ0v) is 14.6. The van der Waals surface area contributed by atoms with Crippen LogP contribution in [0.4, 0.5) is 0 Å². The fourth-order valence-electron chi connectivity index (χ4n) is 4.37. The number of carbonyl (C=O) groups is 1. The van der Waals surface area contributed by atoms with Gasteiger partial charge in [-0.2, -0.15) is 4.98 Å². The van der Waals surface area contributed by atoms with Gasteiger partial charge in [0.2, 0.25) is 17.7 Å². The predicted octanol–water partition coefficient (Wildman–Crippen LogP) is 2.50. The zero-order chi connectivity index (χ0) is 17.2. The smallest absolute Gasteiger partial charge is 0.235 e. The summed E-state index contributed by atoms with van der Waals surface area (Å²) in [6, 6.07) is 0.270. The van der Waals surface area contributed by atoms with Crippen molar-refractivity contribution in [1.82, 2.24) is 15.3 Å². The third-order valence-corrected chi connectivity index (χ3v) is 5.72. The van der Waals surface area contributed by atoms with Crippen LogP contribution in [0.2, 0.25) is 0 Å². The van der Waals surface area contributed by atoms with Crippen LogP contribution in [0.5, 0.6) is 11.8 Å². The highest BCUT2D eigenvalue weighted by molar-refractivity contribution is 5.80. The molecule has 6 nitrogen and oxygen atoms in total. The number of ether oxygens (including phenoxy) is 2. The summed E-state index contributed by atoms with van der Waals surface area (Å²) in [5, 5.41) is 3.27. The molecule has 134 valence electrons. The highest BCUT2D eigenvalue weighted by Crippen LogP contribution is 2.43. The zero-order valence-electron chi connectivity index (χ0n) is 14.6. The summed E-state index contributed by atoms with van der Waals surface area (Å²) in [5.74, 6) is 2.50. The highest BCUT2D eigenvalue weighted by Gasteiger charge is 2.40. The quantitative estimate of drug-likeness (QED) is 0.832. The van der Waals surface area contributed by atoms with Crippen LogP contribution in [0.25, 0.3) is 0 Å². The molecule has 3 atom stereocenters. The van der Waals surface area contributed by atoms with Crippen LogP contribution >= 0.6 is 0 Å². The monoisotopic (exact) mass is 343 g/mol. The number of carbonyl (C=O) groups excluding carboxylic acids is 1. The first-order chi connectivity index (χ1) is 12.2. The first-order valence-electron chi connectivity index (χ1n) is 9.22. The molecule has 0 radical (unpaired) electrons. The number of fused-ring (bicyclic) bond motifs is 2. The maximum Gasteiger partial charge on any atom is 0.235 e. The first-order valence-corrected chi connectivity index (χ1v) is 9.22. The molecule has 1 aromatic rings. The standard InChI is InChI=1S/C19H25N3O3/c1-24-17-10-20-11-18(22-17)25-15-6-4-14(5-7-15)21-19(23)16-9-12-2-3-13(16)8-12/h2-3,10-16H,4-9H2,1H3,(H,21,23). The van der Waals surface area contributed by atoms with Crippen molar-refractivity contribution in [3.63, 3.8) is 0 Å². The van der Waals surface area contributed by atoms with E-state index in [0.717, 1.165) is 32.1 Å². The topological polar surface area (TPSA) is 73.3 Å². The highest BCUT2D eigenvalue weighted by atomic mass is 16.5. The van der Waals surface area contributed by atoms with E-state index in [0.29, 0.717) is 23.6 Å². The molecule has 2 saturated carbocycles. The van der Waals surface area contributed by atoms with Crippen molar-refractivity contribution in [2.75, 3.05) is 7.11 Å². The Morgan fingerprint density at radius 3 is 2.60 bits per heavy atom. The van der Waals surface area contributed by atoms with Gasteiger partial charge in [-0.1, -0.05) is 12.2 Å². The Morgan fingerprint density at radius 1 is 1.12 bits per heavy atom. The summed E-state index contributed by atoms with van der Waals surface area (Å²) in [6.07, 6.45) is 13.7. The number of nitrogens with zero attached hydrogens (tertiary/aromatic N) is 2. The summed E-state index contributed by atoms with van der Waals surface area (Å²) in [6.45, 7) is 0. The van der Waals surface area contributed by atoms with E-state index in [9.17, 15) is 4.79 Å². The van der Waals surface area contributed by atoms with Crippen molar-refractivity contribution in [2.45, 2.75) is 50.7 Å². The van der Waals surface area contributed by atoms with Gasteiger partial charge in [0.1, 0.15) is 6.10 Å². The Bertz CT molecular complexity index is 655.